The summed E-state index contributed by atoms with van der Waals surface area (Å²) in [7, 11) is 0. The number of carbonyl (C=O) groups is 2. The lowest BCUT2D eigenvalue weighted by atomic mass is 9.96. The zero-order chi connectivity index (χ0) is 17.3. The maximum atomic E-state index is 12.3. The van der Waals surface area contributed by atoms with Gasteiger partial charge in [-0.1, -0.05) is 48.5 Å². The molecule has 0 aliphatic rings. The van der Waals surface area contributed by atoms with Crippen LogP contribution in [0.5, 0.6) is 0 Å². The zero-order valence-corrected chi connectivity index (χ0v) is 15.2. The summed E-state index contributed by atoms with van der Waals surface area (Å²) >= 11 is 0. The fourth-order valence-electron chi connectivity index (χ4n) is 1.88. The van der Waals surface area contributed by atoms with Crippen molar-refractivity contribution in [3.8, 4) is 0 Å². The fraction of sp³-hybridized carbons (Fsp3) is 0.778. The van der Waals surface area contributed by atoms with Gasteiger partial charge in [-0.25, -0.2) is 9.59 Å². The van der Waals surface area contributed by atoms with Gasteiger partial charge in [0.05, 0.1) is 13.2 Å². The molecule has 0 aliphatic heterocycles. The molecule has 4 nitrogen and oxygen atoms in total. The normalized spacial score (nSPS) is 12.6. The number of hydrogen-bond donors (Lipinski definition) is 0. The molecule has 4 heteroatoms. The molecule has 0 saturated carbocycles. The molecule has 0 heterocycles. The van der Waals surface area contributed by atoms with E-state index in [0.29, 0.717) is 37.2 Å². The van der Waals surface area contributed by atoms with Crippen LogP contribution >= 0.6 is 0 Å². The van der Waals surface area contributed by atoms with Crippen LogP contribution in [0.1, 0.15) is 61.3 Å². The molecule has 0 aromatic heterocycles. The highest BCUT2D eigenvalue weighted by Crippen LogP contribution is 2.21. The third-order valence-electron chi connectivity index (χ3n) is 2.92. The van der Waals surface area contributed by atoms with E-state index in [1.807, 2.05) is 48.5 Å². The summed E-state index contributed by atoms with van der Waals surface area (Å²) in [5.74, 6) is 0.0147. The SMILES string of the molecule is CC/C(C(=O)OCC(C)C)=C(\CC(C)C)C(=O)OCC(C)C. The van der Waals surface area contributed by atoms with E-state index in [9.17, 15) is 9.59 Å². The highest BCUT2D eigenvalue weighted by Gasteiger charge is 2.23. The van der Waals surface area contributed by atoms with Crippen molar-refractivity contribution < 1.29 is 19.1 Å². The van der Waals surface area contributed by atoms with E-state index in [1.165, 1.54) is 0 Å². The lowest BCUT2D eigenvalue weighted by molar-refractivity contribution is -0.143. The van der Waals surface area contributed by atoms with Crippen molar-refractivity contribution in [1.29, 1.82) is 0 Å². The second-order valence-electron chi connectivity index (χ2n) is 6.89. The quantitative estimate of drug-likeness (QED) is 0.474. The molecule has 0 radical (unpaired) electrons. The van der Waals surface area contributed by atoms with Gasteiger partial charge in [-0.15, -0.1) is 0 Å². The molecule has 0 saturated heterocycles. The van der Waals surface area contributed by atoms with Crippen molar-refractivity contribution in [2.75, 3.05) is 13.2 Å². The van der Waals surface area contributed by atoms with Gasteiger partial charge in [0.1, 0.15) is 0 Å². The number of esters is 2. The minimum Gasteiger partial charge on any atom is -0.462 e. The first kappa shape index (κ1) is 20.7. The fourth-order valence-corrected chi connectivity index (χ4v) is 1.88. The summed E-state index contributed by atoms with van der Waals surface area (Å²) in [6.45, 7) is 14.5. The molecule has 0 amide bonds. The van der Waals surface area contributed by atoms with Crippen LogP contribution in [0.15, 0.2) is 11.1 Å². The summed E-state index contributed by atoms with van der Waals surface area (Å²) in [6, 6.07) is 0. The number of carbonyl (C=O) groups excluding carboxylic acids is 2. The Balaban J connectivity index is 5.26. The van der Waals surface area contributed by atoms with E-state index in [0.717, 1.165) is 0 Å². The number of hydrogen-bond acceptors (Lipinski definition) is 4. The third-order valence-corrected chi connectivity index (χ3v) is 2.92. The van der Waals surface area contributed by atoms with Gasteiger partial charge in [-0.05, 0) is 30.6 Å². The van der Waals surface area contributed by atoms with E-state index >= 15 is 0 Å². The van der Waals surface area contributed by atoms with Crippen molar-refractivity contribution in [2.24, 2.45) is 17.8 Å². The van der Waals surface area contributed by atoms with Crippen molar-refractivity contribution in [3.05, 3.63) is 11.1 Å². The summed E-state index contributed by atoms with van der Waals surface area (Å²) in [4.78, 5) is 24.6. The van der Waals surface area contributed by atoms with Crippen LogP contribution < -0.4 is 0 Å². The van der Waals surface area contributed by atoms with Crippen LogP contribution in [0.25, 0.3) is 0 Å². The van der Waals surface area contributed by atoms with Crippen LogP contribution in [0, 0.1) is 17.8 Å². The van der Waals surface area contributed by atoms with Gasteiger partial charge in [0.25, 0.3) is 0 Å². The highest BCUT2D eigenvalue weighted by atomic mass is 16.5. The second kappa shape index (κ2) is 10.4. The summed E-state index contributed by atoms with van der Waals surface area (Å²) < 4.78 is 10.6. The minimum absolute atomic E-state index is 0.265. The maximum absolute atomic E-state index is 12.3. The monoisotopic (exact) mass is 312 g/mol. The van der Waals surface area contributed by atoms with E-state index < -0.39 is 5.97 Å². The molecule has 0 unspecified atom stereocenters. The lowest BCUT2D eigenvalue weighted by Gasteiger charge is -2.16. The van der Waals surface area contributed by atoms with Gasteiger partial charge in [-0.2, -0.15) is 0 Å². The van der Waals surface area contributed by atoms with Crippen molar-refractivity contribution in [3.63, 3.8) is 0 Å². The summed E-state index contributed by atoms with van der Waals surface area (Å²) in [5, 5.41) is 0. The molecule has 128 valence electrons. The van der Waals surface area contributed by atoms with Gasteiger partial charge in [-0.3, -0.25) is 0 Å². The Morgan fingerprint density at radius 1 is 0.727 bits per heavy atom. The average molecular weight is 312 g/mol. The topological polar surface area (TPSA) is 52.6 Å². The molecule has 0 spiro atoms. The molecule has 0 N–H and O–H groups in total. The highest BCUT2D eigenvalue weighted by molar-refractivity contribution is 6.00. The number of rotatable bonds is 9. The Kier molecular flexibility index (Phi) is 9.79. The smallest absolute Gasteiger partial charge is 0.334 e. The van der Waals surface area contributed by atoms with Crippen LogP contribution in [0.3, 0.4) is 0 Å². The molecule has 0 aromatic rings. The molecular weight excluding hydrogens is 280 g/mol. The van der Waals surface area contributed by atoms with Crippen molar-refractivity contribution in [1.82, 2.24) is 0 Å². The Morgan fingerprint density at radius 3 is 1.45 bits per heavy atom. The zero-order valence-electron chi connectivity index (χ0n) is 15.2. The first-order valence-electron chi connectivity index (χ1n) is 8.25. The Morgan fingerprint density at radius 2 is 1.14 bits per heavy atom. The Hall–Kier alpha value is -1.32. The van der Waals surface area contributed by atoms with Gasteiger partial charge >= 0.3 is 11.9 Å². The van der Waals surface area contributed by atoms with E-state index in [1.54, 1.807) is 0 Å². The average Bonchev–Trinajstić information content (AvgIpc) is 2.41. The molecule has 0 aliphatic carbocycles. The van der Waals surface area contributed by atoms with Gasteiger partial charge < -0.3 is 9.47 Å². The largest absolute Gasteiger partial charge is 0.462 e. The van der Waals surface area contributed by atoms with E-state index in [4.69, 9.17) is 9.47 Å². The standard InChI is InChI=1S/C18H32O4/c1-8-15(17(19)21-10-13(4)5)16(9-12(2)3)18(20)22-11-14(6)7/h12-14H,8-11H2,1-7H3/b16-15-. The molecule has 0 aromatic carbocycles. The molecule has 0 atom stereocenters. The molecule has 22 heavy (non-hydrogen) atoms. The minimum atomic E-state index is -0.395. The predicted octanol–water partition coefficient (Wildman–Crippen LogP) is 4.14. The van der Waals surface area contributed by atoms with Crippen LogP contribution in [0.4, 0.5) is 0 Å². The van der Waals surface area contributed by atoms with Gasteiger partial charge in [0.2, 0.25) is 0 Å². The molecule has 0 fully saturated rings. The molecule has 0 rings (SSSR count). The third kappa shape index (κ3) is 8.20. The lowest BCUT2D eigenvalue weighted by Crippen LogP contribution is -2.20. The molecular formula is C18H32O4. The number of ether oxygens (including phenoxy) is 2. The molecule has 0 bridgehead atoms. The van der Waals surface area contributed by atoms with Crippen molar-refractivity contribution in [2.45, 2.75) is 61.3 Å². The van der Waals surface area contributed by atoms with Crippen LogP contribution in [-0.2, 0) is 19.1 Å². The van der Waals surface area contributed by atoms with E-state index in [2.05, 4.69) is 0 Å². The Bertz CT molecular complexity index is 392. The van der Waals surface area contributed by atoms with Gasteiger partial charge in [0.15, 0.2) is 0 Å². The first-order valence-corrected chi connectivity index (χ1v) is 8.25. The van der Waals surface area contributed by atoms with Crippen molar-refractivity contribution >= 4 is 11.9 Å². The second-order valence-corrected chi connectivity index (χ2v) is 6.89. The summed E-state index contributed by atoms with van der Waals surface area (Å²) in [6.07, 6.45) is 0.993. The summed E-state index contributed by atoms with van der Waals surface area (Å²) in [5.41, 5.74) is 0.912. The maximum Gasteiger partial charge on any atom is 0.334 e. The first-order chi connectivity index (χ1) is 10.2. The Labute approximate surface area is 135 Å². The van der Waals surface area contributed by atoms with E-state index in [-0.39, 0.29) is 23.7 Å². The predicted molar refractivity (Wildman–Crippen MR) is 88.4 cm³/mol. The van der Waals surface area contributed by atoms with Crippen LogP contribution in [-0.4, -0.2) is 25.2 Å². The van der Waals surface area contributed by atoms with Crippen LogP contribution in [0.2, 0.25) is 0 Å². The van der Waals surface area contributed by atoms with Gasteiger partial charge in [0, 0.05) is 11.1 Å².